The van der Waals surface area contributed by atoms with Crippen LogP contribution < -0.4 is 0 Å². The van der Waals surface area contributed by atoms with Gasteiger partial charge in [0.1, 0.15) is 14.1 Å². The van der Waals surface area contributed by atoms with Gasteiger partial charge in [0.25, 0.3) is 0 Å². The Morgan fingerprint density at radius 3 is 2.14 bits per heavy atom. The summed E-state index contributed by atoms with van der Waals surface area (Å²) in [6, 6.07) is 21.2. The molecule has 1 aliphatic rings. The maximum atomic E-state index is 2.30. The summed E-state index contributed by atoms with van der Waals surface area (Å²) in [6.07, 6.45) is 4.50. The number of nitrogens with zero attached hydrogens (tertiary/aromatic N) is 1. The summed E-state index contributed by atoms with van der Waals surface area (Å²) in [6.45, 7) is 0. The quantitative estimate of drug-likeness (QED) is 0.435. The maximum Gasteiger partial charge on any atom is 0.171 e. The van der Waals surface area contributed by atoms with Crippen LogP contribution >= 0.6 is 21.6 Å². The lowest BCUT2D eigenvalue weighted by Crippen LogP contribution is -2.01. The molecule has 1 nitrogen and oxygen atoms in total. The zero-order valence-electron chi connectivity index (χ0n) is 12.7. The monoisotopic (exact) mass is 324 g/mol. The number of hydrogen-bond acceptors (Lipinski definition) is 2. The second-order valence-electron chi connectivity index (χ2n) is 5.28. The van der Waals surface area contributed by atoms with Crippen LogP contribution in [0.4, 0.5) is 0 Å². The number of rotatable bonds is 3. The fourth-order valence-corrected chi connectivity index (χ4v) is 4.73. The Balaban J connectivity index is 2.06. The van der Waals surface area contributed by atoms with Gasteiger partial charge < -0.3 is 0 Å². The van der Waals surface area contributed by atoms with E-state index in [1.165, 1.54) is 26.5 Å². The average molecular weight is 324 g/mol. The predicted molar refractivity (Wildman–Crippen MR) is 101 cm³/mol. The zero-order chi connectivity index (χ0) is 15.4. The van der Waals surface area contributed by atoms with Gasteiger partial charge in [-0.1, -0.05) is 82.3 Å². The van der Waals surface area contributed by atoms with E-state index in [2.05, 4.69) is 91.6 Å². The van der Waals surface area contributed by atoms with E-state index in [1.54, 1.807) is 0 Å². The average Bonchev–Trinajstić information content (AvgIpc) is 3.04. The van der Waals surface area contributed by atoms with Gasteiger partial charge >= 0.3 is 0 Å². The molecule has 1 heterocycles. The van der Waals surface area contributed by atoms with Crippen LogP contribution in [0.3, 0.4) is 0 Å². The van der Waals surface area contributed by atoms with Crippen molar-refractivity contribution in [3.63, 3.8) is 0 Å². The first-order chi connectivity index (χ1) is 10.7. The topological polar surface area (TPSA) is 3.01 Å². The van der Waals surface area contributed by atoms with E-state index in [0.29, 0.717) is 0 Å². The van der Waals surface area contributed by atoms with Crippen LogP contribution in [0.25, 0.3) is 10.5 Å². The van der Waals surface area contributed by atoms with Crippen molar-refractivity contribution in [2.24, 2.45) is 0 Å². The highest BCUT2D eigenvalue weighted by Crippen LogP contribution is 2.51. The first kappa shape index (κ1) is 15.2. The molecule has 0 radical (unpaired) electrons. The molecule has 2 aromatic carbocycles. The standard InChI is InChI=1S/C19H18NS2/c1-20(2)14-17(15-9-5-3-6-10-15)19-13-18(21-22-19)16-11-7-4-8-12-16/h3-14H,1-2H3/q+1/b19-17+. The molecular weight excluding hydrogens is 306 g/mol. The summed E-state index contributed by atoms with van der Waals surface area (Å²) in [4.78, 5) is 2.63. The lowest BCUT2D eigenvalue weighted by atomic mass is 10.1. The summed E-state index contributed by atoms with van der Waals surface area (Å²) in [7, 11) is 7.81. The van der Waals surface area contributed by atoms with Gasteiger partial charge in [-0.15, -0.1) is 0 Å². The van der Waals surface area contributed by atoms with Crippen LogP contribution in [-0.2, 0) is 0 Å². The molecule has 22 heavy (non-hydrogen) atoms. The summed E-state index contributed by atoms with van der Waals surface area (Å²) >= 11 is 0. The summed E-state index contributed by atoms with van der Waals surface area (Å²) in [5.41, 5.74) is 3.81. The van der Waals surface area contributed by atoms with Gasteiger partial charge in [-0.05, 0) is 17.2 Å². The third-order valence-electron chi connectivity index (χ3n) is 3.28. The summed E-state index contributed by atoms with van der Waals surface area (Å²) in [5, 5.41) is 0. The molecule has 0 fully saturated rings. The number of benzene rings is 2. The highest BCUT2D eigenvalue weighted by atomic mass is 33.1. The molecule has 0 aliphatic carbocycles. The van der Waals surface area contributed by atoms with Crippen LogP contribution in [-0.4, -0.2) is 24.9 Å². The highest BCUT2D eigenvalue weighted by molar-refractivity contribution is 8.82. The normalized spacial score (nSPS) is 16.2. The van der Waals surface area contributed by atoms with E-state index in [9.17, 15) is 0 Å². The Bertz CT molecular complexity index is 740. The lowest BCUT2D eigenvalue weighted by Gasteiger charge is -2.03. The van der Waals surface area contributed by atoms with Crippen LogP contribution in [0.1, 0.15) is 11.1 Å². The largest absolute Gasteiger partial charge is 0.241 e. The van der Waals surface area contributed by atoms with E-state index in [4.69, 9.17) is 0 Å². The lowest BCUT2D eigenvalue weighted by molar-refractivity contribution is -0.458. The number of allylic oxidation sites excluding steroid dienone is 2. The molecule has 0 N–H and O–H groups in total. The van der Waals surface area contributed by atoms with Crippen molar-refractivity contribution in [3.05, 3.63) is 82.8 Å². The molecule has 0 spiro atoms. The zero-order valence-corrected chi connectivity index (χ0v) is 14.3. The van der Waals surface area contributed by atoms with Gasteiger partial charge in [-0.2, -0.15) is 0 Å². The van der Waals surface area contributed by atoms with Crippen molar-refractivity contribution in [1.82, 2.24) is 0 Å². The van der Waals surface area contributed by atoms with Crippen LogP contribution in [0.15, 0.2) is 71.6 Å². The van der Waals surface area contributed by atoms with Gasteiger partial charge in [-0.3, -0.25) is 0 Å². The van der Waals surface area contributed by atoms with Crippen LogP contribution in [0, 0.1) is 0 Å². The van der Waals surface area contributed by atoms with E-state index < -0.39 is 0 Å². The molecule has 0 saturated heterocycles. The third-order valence-corrected chi connectivity index (χ3v) is 5.74. The molecule has 0 amide bonds. The fourth-order valence-electron chi connectivity index (χ4n) is 2.27. The third kappa shape index (κ3) is 3.54. The highest BCUT2D eigenvalue weighted by Gasteiger charge is 2.18. The molecule has 1 aliphatic heterocycles. The second kappa shape index (κ2) is 7.03. The maximum absolute atomic E-state index is 2.30. The molecule has 0 saturated carbocycles. The molecule has 0 aromatic heterocycles. The van der Waals surface area contributed by atoms with Gasteiger partial charge in [-0.25, -0.2) is 4.58 Å². The Labute approximate surface area is 139 Å². The molecule has 2 aromatic rings. The molecule has 110 valence electrons. The Kier molecular flexibility index (Phi) is 4.86. The molecule has 3 heteroatoms. The minimum Gasteiger partial charge on any atom is -0.241 e. The number of hydrogen-bond donors (Lipinski definition) is 0. The summed E-state index contributed by atoms with van der Waals surface area (Å²) in [5.74, 6) is 0. The van der Waals surface area contributed by atoms with Crippen molar-refractivity contribution in [2.75, 3.05) is 14.1 Å². The second-order valence-corrected chi connectivity index (χ2v) is 7.49. The van der Waals surface area contributed by atoms with Gasteiger partial charge in [0.2, 0.25) is 0 Å². The van der Waals surface area contributed by atoms with Gasteiger partial charge in [0.15, 0.2) is 6.21 Å². The molecule has 0 unspecified atom stereocenters. The van der Waals surface area contributed by atoms with Crippen LogP contribution in [0.2, 0.25) is 0 Å². The minimum absolute atomic E-state index is 1.25. The molecule has 0 atom stereocenters. The fraction of sp³-hybridized carbons (Fsp3) is 0.105. The molecule has 0 bridgehead atoms. The van der Waals surface area contributed by atoms with Gasteiger partial charge in [0, 0.05) is 9.81 Å². The Morgan fingerprint density at radius 1 is 0.864 bits per heavy atom. The van der Waals surface area contributed by atoms with Crippen LogP contribution in [0.5, 0.6) is 0 Å². The first-order valence-corrected chi connectivity index (χ1v) is 9.31. The Hall–Kier alpha value is -1.71. The molecular formula is C19H18NS2+. The minimum atomic E-state index is 1.25. The van der Waals surface area contributed by atoms with E-state index in [1.807, 2.05) is 21.6 Å². The Morgan fingerprint density at radius 2 is 1.50 bits per heavy atom. The van der Waals surface area contributed by atoms with E-state index >= 15 is 0 Å². The van der Waals surface area contributed by atoms with Crippen molar-refractivity contribution < 1.29 is 4.58 Å². The first-order valence-electron chi connectivity index (χ1n) is 7.16. The smallest absolute Gasteiger partial charge is 0.171 e. The van der Waals surface area contributed by atoms with Crippen molar-refractivity contribution >= 4 is 38.3 Å². The summed E-state index contributed by atoms with van der Waals surface area (Å²) < 4.78 is 2.11. The van der Waals surface area contributed by atoms with Crippen molar-refractivity contribution in [2.45, 2.75) is 0 Å². The predicted octanol–water partition coefficient (Wildman–Crippen LogP) is 5.18. The SMILES string of the molecule is C[N+](C)=C/C(=C1/C=C(c2ccccc2)SS1)c1ccccc1. The van der Waals surface area contributed by atoms with Gasteiger partial charge in [0.05, 0.1) is 5.57 Å². The van der Waals surface area contributed by atoms with Crippen molar-refractivity contribution in [3.8, 4) is 0 Å². The van der Waals surface area contributed by atoms with E-state index in [0.717, 1.165) is 0 Å². The van der Waals surface area contributed by atoms with E-state index in [-0.39, 0.29) is 0 Å². The van der Waals surface area contributed by atoms with Crippen molar-refractivity contribution in [1.29, 1.82) is 0 Å². The molecule has 3 rings (SSSR count).